The molecule has 3 aromatic carbocycles. The van der Waals surface area contributed by atoms with Crippen LogP contribution in [0.2, 0.25) is 0 Å². The van der Waals surface area contributed by atoms with Gasteiger partial charge in [-0.05, 0) is 59.9 Å². The molecule has 0 bridgehead atoms. The topological polar surface area (TPSA) is 137 Å². The Morgan fingerprint density at radius 3 is 2.48 bits per heavy atom. The fourth-order valence-corrected chi connectivity index (χ4v) is 6.63. The number of fused-ring (bicyclic) bond motifs is 5. The van der Waals surface area contributed by atoms with Crippen LogP contribution in [-0.2, 0) is 39.3 Å². The number of nitrogens with one attached hydrogen (secondary N) is 2. The zero-order valence-electron chi connectivity index (χ0n) is 21.6. The summed E-state index contributed by atoms with van der Waals surface area (Å²) in [5.74, 6) is -2.31. The minimum atomic E-state index is -1.43. The van der Waals surface area contributed by atoms with Gasteiger partial charge in [-0.15, -0.1) is 0 Å². The molecule has 4 aliphatic heterocycles. The number of carbonyl (C=O) groups excluding carboxylic acids is 3. The summed E-state index contributed by atoms with van der Waals surface area (Å²) in [6.07, 6.45) is 0.995. The maximum Gasteiger partial charge on any atom is 0.250 e. The summed E-state index contributed by atoms with van der Waals surface area (Å²) in [5.41, 5.74) is 2.22. The minimum absolute atomic E-state index is 0.0353. The average molecular weight is 542 g/mol. The molecule has 2 fully saturated rings. The molecule has 1 spiro atoms. The lowest BCUT2D eigenvalue weighted by Gasteiger charge is -2.30. The number of imide groups is 1. The number of carbonyl (C=O) groups is 3. The van der Waals surface area contributed by atoms with Crippen molar-refractivity contribution < 1.29 is 34.1 Å². The predicted octanol–water partition coefficient (Wildman–Crippen LogP) is 2.55. The van der Waals surface area contributed by atoms with Crippen LogP contribution in [0.1, 0.15) is 29.2 Å². The van der Waals surface area contributed by atoms with E-state index in [1.54, 1.807) is 24.3 Å². The second-order valence-corrected chi connectivity index (χ2v) is 10.7. The zero-order valence-corrected chi connectivity index (χ0v) is 21.6. The Balaban J connectivity index is 1.31. The number of ether oxygens (including phenoxy) is 2. The van der Waals surface area contributed by atoms with E-state index in [1.165, 1.54) is 17.0 Å². The first kappa shape index (κ1) is 24.5. The summed E-state index contributed by atoms with van der Waals surface area (Å²) in [5, 5.41) is 26.2. The van der Waals surface area contributed by atoms with Gasteiger partial charge < -0.3 is 25.0 Å². The van der Waals surface area contributed by atoms with E-state index in [-0.39, 0.29) is 43.1 Å². The van der Waals surface area contributed by atoms with Crippen LogP contribution in [0.5, 0.6) is 23.0 Å². The van der Waals surface area contributed by atoms with Crippen molar-refractivity contribution in [3.63, 3.8) is 0 Å². The van der Waals surface area contributed by atoms with E-state index in [2.05, 4.69) is 10.6 Å². The van der Waals surface area contributed by atoms with E-state index < -0.39 is 29.3 Å². The molecule has 4 aliphatic rings. The van der Waals surface area contributed by atoms with Gasteiger partial charge in [0, 0.05) is 17.3 Å². The molecule has 10 heteroatoms. The third-order valence-electron chi connectivity index (χ3n) is 8.55. The molecule has 3 aromatic rings. The Bertz CT molecular complexity index is 1600. The molecule has 4 heterocycles. The molecular formula is C30H27N3O7. The third-order valence-corrected chi connectivity index (χ3v) is 8.55. The van der Waals surface area contributed by atoms with Crippen LogP contribution in [-0.4, -0.2) is 45.7 Å². The van der Waals surface area contributed by atoms with Gasteiger partial charge in [0.05, 0.1) is 18.4 Å². The number of aryl methyl sites for hydroxylation is 1. The highest BCUT2D eigenvalue weighted by atomic mass is 16.7. The molecule has 0 unspecified atom stereocenters. The highest BCUT2D eigenvalue weighted by Crippen LogP contribution is 2.54. The average Bonchev–Trinajstić information content (AvgIpc) is 3.67. The molecule has 0 aliphatic carbocycles. The van der Waals surface area contributed by atoms with Crippen molar-refractivity contribution >= 4 is 23.4 Å². The minimum Gasteiger partial charge on any atom is -0.504 e. The molecule has 3 amide bonds. The number of phenols is 2. The van der Waals surface area contributed by atoms with Crippen LogP contribution < -0.4 is 20.1 Å². The number of hydrogen-bond acceptors (Lipinski definition) is 8. The lowest BCUT2D eigenvalue weighted by molar-refractivity contribution is -0.143. The van der Waals surface area contributed by atoms with Crippen molar-refractivity contribution in [2.75, 3.05) is 12.1 Å². The van der Waals surface area contributed by atoms with Gasteiger partial charge >= 0.3 is 0 Å². The van der Waals surface area contributed by atoms with Gasteiger partial charge in [-0.2, -0.15) is 0 Å². The van der Waals surface area contributed by atoms with Gasteiger partial charge in [-0.3, -0.25) is 24.6 Å². The Labute approximate surface area is 229 Å². The smallest absolute Gasteiger partial charge is 0.250 e. The Hall–Kier alpha value is -4.57. The van der Waals surface area contributed by atoms with Gasteiger partial charge in [0.25, 0.3) is 0 Å². The molecule has 4 atom stereocenters. The van der Waals surface area contributed by atoms with Crippen LogP contribution in [0.4, 0.5) is 5.69 Å². The normalized spacial score (nSPS) is 26.0. The summed E-state index contributed by atoms with van der Waals surface area (Å²) in [6, 6.07) is 14.9. The predicted molar refractivity (Wildman–Crippen MR) is 142 cm³/mol. The molecule has 0 saturated carbocycles. The summed E-state index contributed by atoms with van der Waals surface area (Å²) >= 11 is 0. The number of rotatable bonds is 5. The number of aromatic hydroxyl groups is 2. The van der Waals surface area contributed by atoms with Gasteiger partial charge in [0.2, 0.25) is 24.5 Å². The van der Waals surface area contributed by atoms with Gasteiger partial charge in [0.15, 0.2) is 23.0 Å². The van der Waals surface area contributed by atoms with Crippen LogP contribution in [0.3, 0.4) is 0 Å². The molecule has 204 valence electrons. The molecule has 0 radical (unpaired) electrons. The van der Waals surface area contributed by atoms with Crippen LogP contribution in [0.25, 0.3) is 0 Å². The number of benzene rings is 3. The van der Waals surface area contributed by atoms with Crippen molar-refractivity contribution in [3.05, 3.63) is 76.9 Å². The maximum absolute atomic E-state index is 14.2. The number of phenolic OH excluding ortho intramolecular Hbond substituents is 2. The Morgan fingerprint density at radius 1 is 0.900 bits per heavy atom. The summed E-state index contributed by atoms with van der Waals surface area (Å²) < 4.78 is 10.9. The molecule has 0 aromatic heterocycles. The van der Waals surface area contributed by atoms with E-state index in [9.17, 15) is 24.6 Å². The highest BCUT2D eigenvalue weighted by Gasteiger charge is 2.70. The van der Waals surface area contributed by atoms with E-state index in [1.807, 2.05) is 25.1 Å². The van der Waals surface area contributed by atoms with E-state index in [0.717, 1.165) is 12.0 Å². The van der Waals surface area contributed by atoms with Crippen LogP contribution in [0.15, 0.2) is 54.6 Å². The number of anilines is 1. The standard InChI is InChI=1S/C30H27N3O7/c1-2-15-3-6-19-18(9-15)30(29(38)31-19)26-25(20(32-30)10-16-4-7-21(34)22(35)11-16)27(36)33(28(26)37)13-17-5-8-23-24(12-17)40-14-39-23/h3-9,11-12,20,25-26,32,34-35H,2,10,13-14H2,1H3,(H,31,38)/t20-,25+,26+,30+/m0/s1. The lowest BCUT2D eigenvalue weighted by atomic mass is 9.76. The van der Waals surface area contributed by atoms with Gasteiger partial charge in [-0.1, -0.05) is 31.2 Å². The van der Waals surface area contributed by atoms with Crippen molar-refractivity contribution in [1.29, 1.82) is 0 Å². The first-order valence-corrected chi connectivity index (χ1v) is 13.3. The second-order valence-electron chi connectivity index (χ2n) is 10.7. The second kappa shape index (κ2) is 8.72. The number of hydrogen-bond donors (Lipinski definition) is 4. The first-order chi connectivity index (χ1) is 19.3. The largest absolute Gasteiger partial charge is 0.504 e. The third kappa shape index (κ3) is 3.42. The van der Waals surface area contributed by atoms with E-state index >= 15 is 0 Å². The van der Waals surface area contributed by atoms with E-state index in [0.29, 0.717) is 33.9 Å². The van der Waals surface area contributed by atoms with Crippen molar-refractivity contribution in [2.24, 2.45) is 11.8 Å². The van der Waals surface area contributed by atoms with Crippen molar-refractivity contribution in [2.45, 2.75) is 37.9 Å². The van der Waals surface area contributed by atoms with Crippen LogP contribution in [0, 0.1) is 11.8 Å². The molecule has 4 N–H and O–H groups in total. The highest BCUT2D eigenvalue weighted by molar-refractivity contribution is 6.15. The van der Waals surface area contributed by atoms with Gasteiger partial charge in [0.1, 0.15) is 5.54 Å². The van der Waals surface area contributed by atoms with E-state index in [4.69, 9.17) is 9.47 Å². The molecule has 7 rings (SSSR count). The monoisotopic (exact) mass is 541 g/mol. The van der Waals surface area contributed by atoms with Crippen molar-refractivity contribution in [1.82, 2.24) is 10.2 Å². The Morgan fingerprint density at radius 2 is 1.68 bits per heavy atom. The number of nitrogens with zero attached hydrogens (tertiary/aromatic N) is 1. The first-order valence-electron chi connectivity index (χ1n) is 13.3. The van der Waals surface area contributed by atoms with Crippen LogP contribution >= 0.6 is 0 Å². The molecule has 40 heavy (non-hydrogen) atoms. The summed E-state index contributed by atoms with van der Waals surface area (Å²) in [7, 11) is 0. The van der Waals surface area contributed by atoms with Gasteiger partial charge in [-0.25, -0.2) is 0 Å². The quantitative estimate of drug-likeness (QED) is 0.286. The molecule has 2 saturated heterocycles. The molecule has 10 nitrogen and oxygen atoms in total. The fraction of sp³-hybridized carbons (Fsp3) is 0.300. The summed E-state index contributed by atoms with van der Waals surface area (Å²) in [6.45, 7) is 2.16. The molecular weight excluding hydrogens is 514 g/mol. The lowest BCUT2D eigenvalue weighted by Crippen LogP contribution is -2.53. The number of amides is 3. The SMILES string of the molecule is CCc1ccc2c(c1)[C@]1(N[C@@H](Cc3ccc(O)c(O)c3)[C@H]3C(=O)N(Cc4ccc5c(c4)OCO5)C(=O)[C@@H]31)C(=O)N2. The zero-order chi connectivity index (χ0) is 27.8. The fourth-order valence-electron chi connectivity index (χ4n) is 6.63. The maximum atomic E-state index is 14.2. The summed E-state index contributed by atoms with van der Waals surface area (Å²) in [4.78, 5) is 43.2. The van der Waals surface area contributed by atoms with Crippen molar-refractivity contribution in [3.8, 4) is 23.0 Å². The Kier molecular flexibility index (Phi) is 5.33. The number of likely N-dealkylation sites (tertiary alicyclic amines) is 1.